The van der Waals surface area contributed by atoms with Crippen LogP contribution in [0.5, 0.6) is 0 Å². The Balaban J connectivity index is 1.66. The Morgan fingerprint density at radius 3 is 2.74 bits per heavy atom. The molecule has 4 nitrogen and oxygen atoms in total. The molecule has 0 aliphatic carbocycles. The second kappa shape index (κ2) is 7.06. The molecule has 0 saturated heterocycles. The third-order valence-electron chi connectivity index (χ3n) is 4.27. The number of fused-ring (bicyclic) bond motifs is 1. The number of hydrogen-bond acceptors (Lipinski definition) is 4. The molecule has 0 saturated carbocycles. The van der Waals surface area contributed by atoms with E-state index in [-0.39, 0.29) is 37.2 Å². The first-order chi connectivity index (χ1) is 11.2. The summed E-state index contributed by atoms with van der Waals surface area (Å²) in [6.07, 6.45) is 1.20. The van der Waals surface area contributed by atoms with Gasteiger partial charge in [0.05, 0.1) is 17.5 Å². The van der Waals surface area contributed by atoms with Crippen LogP contribution in [0.15, 0.2) is 41.8 Å². The van der Waals surface area contributed by atoms with Crippen molar-refractivity contribution in [2.75, 3.05) is 13.2 Å². The van der Waals surface area contributed by atoms with Crippen LogP contribution in [0, 0.1) is 0 Å². The van der Waals surface area contributed by atoms with E-state index in [9.17, 15) is 14.7 Å². The fraction of sp³-hybridized carbons (Fsp3) is 0.333. The van der Waals surface area contributed by atoms with Gasteiger partial charge >= 0.3 is 0 Å². The molecule has 23 heavy (non-hydrogen) atoms. The molecular weight excluding hydrogens is 310 g/mol. The molecule has 120 valence electrons. The van der Waals surface area contributed by atoms with Crippen molar-refractivity contribution in [3.63, 3.8) is 0 Å². The van der Waals surface area contributed by atoms with Gasteiger partial charge in [-0.05, 0) is 29.0 Å². The van der Waals surface area contributed by atoms with E-state index in [1.807, 2.05) is 35.7 Å². The quantitative estimate of drug-likeness (QED) is 0.858. The van der Waals surface area contributed by atoms with Crippen molar-refractivity contribution in [1.82, 2.24) is 4.90 Å². The maximum absolute atomic E-state index is 12.5. The average Bonchev–Trinajstić information content (AvgIpc) is 3.13. The fourth-order valence-electron chi connectivity index (χ4n) is 3.07. The van der Waals surface area contributed by atoms with Gasteiger partial charge in [-0.1, -0.05) is 30.3 Å². The summed E-state index contributed by atoms with van der Waals surface area (Å²) in [5, 5.41) is 11.6. The monoisotopic (exact) mass is 329 g/mol. The highest BCUT2D eigenvalue weighted by atomic mass is 32.1. The number of carbonyl (C=O) groups excluding carboxylic acids is 2. The molecule has 1 aliphatic rings. The SMILES string of the molecule is O=C(CCC(=O)N1CCc2ccccc2C1CO)c1cccs1. The predicted octanol–water partition coefficient (Wildman–Crippen LogP) is 2.83. The Kier molecular flexibility index (Phi) is 4.88. The summed E-state index contributed by atoms with van der Waals surface area (Å²) in [6.45, 7) is 0.496. The first-order valence-electron chi connectivity index (χ1n) is 7.75. The van der Waals surface area contributed by atoms with Crippen molar-refractivity contribution in [3.8, 4) is 0 Å². The Labute approximate surface area is 139 Å². The normalized spacial score (nSPS) is 16.9. The summed E-state index contributed by atoms with van der Waals surface area (Å²) in [4.78, 5) is 27.0. The molecule has 5 heteroatoms. The molecule has 0 bridgehead atoms. The topological polar surface area (TPSA) is 57.6 Å². The first kappa shape index (κ1) is 15.9. The van der Waals surface area contributed by atoms with Crippen LogP contribution in [0.25, 0.3) is 0 Å². The van der Waals surface area contributed by atoms with Crippen molar-refractivity contribution >= 4 is 23.0 Å². The van der Waals surface area contributed by atoms with Crippen LogP contribution >= 0.6 is 11.3 Å². The number of aliphatic hydroxyl groups excluding tert-OH is 1. The summed E-state index contributed by atoms with van der Waals surface area (Å²) < 4.78 is 0. The zero-order chi connectivity index (χ0) is 16.2. The van der Waals surface area contributed by atoms with E-state index in [4.69, 9.17) is 0 Å². The number of rotatable bonds is 5. The number of amides is 1. The Bertz CT molecular complexity index is 696. The van der Waals surface area contributed by atoms with Crippen LogP contribution in [0.4, 0.5) is 0 Å². The largest absolute Gasteiger partial charge is 0.394 e. The summed E-state index contributed by atoms with van der Waals surface area (Å²) in [6, 6.07) is 11.2. The van der Waals surface area contributed by atoms with Crippen molar-refractivity contribution in [1.29, 1.82) is 0 Å². The van der Waals surface area contributed by atoms with Gasteiger partial charge in [0.1, 0.15) is 0 Å². The highest BCUT2D eigenvalue weighted by Gasteiger charge is 2.30. The maximum Gasteiger partial charge on any atom is 0.223 e. The summed E-state index contributed by atoms with van der Waals surface area (Å²) >= 11 is 1.40. The number of carbonyl (C=O) groups is 2. The molecule has 1 aromatic heterocycles. The second-order valence-electron chi connectivity index (χ2n) is 5.63. The molecule has 0 fully saturated rings. The number of ketones is 1. The van der Waals surface area contributed by atoms with Crippen LogP contribution in [-0.4, -0.2) is 34.8 Å². The molecule has 2 aromatic rings. The van der Waals surface area contributed by atoms with E-state index >= 15 is 0 Å². The zero-order valence-electron chi connectivity index (χ0n) is 12.8. The van der Waals surface area contributed by atoms with Crippen molar-refractivity contribution in [2.45, 2.75) is 25.3 Å². The summed E-state index contributed by atoms with van der Waals surface area (Å²) in [5.41, 5.74) is 2.20. The van der Waals surface area contributed by atoms with E-state index in [2.05, 4.69) is 0 Å². The molecule has 3 rings (SSSR count). The number of aliphatic hydroxyl groups is 1. The molecule has 1 amide bonds. The fourth-order valence-corrected chi connectivity index (χ4v) is 3.77. The lowest BCUT2D eigenvalue weighted by Crippen LogP contribution is -2.41. The minimum absolute atomic E-state index is 0.00584. The van der Waals surface area contributed by atoms with Crippen molar-refractivity contribution in [3.05, 3.63) is 57.8 Å². The van der Waals surface area contributed by atoms with Crippen LogP contribution < -0.4 is 0 Å². The predicted molar refractivity (Wildman–Crippen MR) is 89.6 cm³/mol. The summed E-state index contributed by atoms with van der Waals surface area (Å²) in [7, 11) is 0. The maximum atomic E-state index is 12.5. The third kappa shape index (κ3) is 3.35. The lowest BCUT2D eigenvalue weighted by molar-refractivity contribution is -0.135. The van der Waals surface area contributed by atoms with E-state index in [1.165, 1.54) is 16.9 Å². The van der Waals surface area contributed by atoms with Gasteiger partial charge in [-0.15, -0.1) is 11.3 Å². The minimum atomic E-state index is -0.302. The molecular formula is C18H19NO3S. The van der Waals surface area contributed by atoms with Gasteiger partial charge in [0.15, 0.2) is 5.78 Å². The Morgan fingerprint density at radius 2 is 2.00 bits per heavy atom. The van der Waals surface area contributed by atoms with Crippen LogP contribution in [0.2, 0.25) is 0 Å². The molecule has 0 spiro atoms. The van der Waals surface area contributed by atoms with E-state index < -0.39 is 0 Å². The third-order valence-corrected chi connectivity index (χ3v) is 5.18. The number of nitrogens with zero attached hydrogens (tertiary/aromatic N) is 1. The van der Waals surface area contributed by atoms with Gasteiger partial charge in [0, 0.05) is 19.4 Å². The van der Waals surface area contributed by atoms with Gasteiger partial charge in [-0.3, -0.25) is 9.59 Å². The van der Waals surface area contributed by atoms with Gasteiger partial charge in [0.2, 0.25) is 5.91 Å². The van der Waals surface area contributed by atoms with Crippen molar-refractivity contribution in [2.24, 2.45) is 0 Å². The molecule has 0 radical (unpaired) electrons. The molecule has 1 unspecified atom stereocenters. The summed E-state index contributed by atoms with van der Waals surface area (Å²) in [5.74, 6) is -0.0604. The first-order valence-corrected chi connectivity index (χ1v) is 8.63. The molecule has 1 aliphatic heterocycles. The van der Waals surface area contributed by atoms with Gasteiger partial charge in [-0.2, -0.15) is 0 Å². The van der Waals surface area contributed by atoms with Gasteiger partial charge in [0.25, 0.3) is 0 Å². The Morgan fingerprint density at radius 1 is 1.17 bits per heavy atom. The molecule has 1 N–H and O–H groups in total. The molecule has 1 atom stereocenters. The van der Waals surface area contributed by atoms with Crippen LogP contribution in [0.1, 0.15) is 39.7 Å². The number of hydrogen-bond donors (Lipinski definition) is 1. The van der Waals surface area contributed by atoms with Gasteiger partial charge in [-0.25, -0.2) is 0 Å². The number of thiophene rings is 1. The van der Waals surface area contributed by atoms with E-state index in [1.54, 1.807) is 11.0 Å². The average molecular weight is 329 g/mol. The standard InChI is InChI=1S/C18H19NO3S/c20-12-15-14-5-2-1-4-13(14)9-10-19(15)18(22)8-7-16(21)17-6-3-11-23-17/h1-6,11,15,20H,7-10,12H2. The highest BCUT2D eigenvalue weighted by Crippen LogP contribution is 2.30. The molecule has 2 heterocycles. The van der Waals surface area contributed by atoms with E-state index in [0.717, 1.165) is 12.0 Å². The lowest BCUT2D eigenvalue weighted by Gasteiger charge is -2.36. The smallest absolute Gasteiger partial charge is 0.223 e. The molecule has 1 aromatic carbocycles. The lowest BCUT2D eigenvalue weighted by atomic mass is 9.92. The number of Topliss-reactive ketones (excluding diaryl/α,β-unsaturated/α-hetero) is 1. The van der Waals surface area contributed by atoms with Crippen LogP contribution in [0.3, 0.4) is 0 Å². The van der Waals surface area contributed by atoms with Crippen LogP contribution in [-0.2, 0) is 11.2 Å². The minimum Gasteiger partial charge on any atom is -0.394 e. The van der Waals surface area contributed by atoms with Gasteiger partial charge < -0.3 is 10.0 Å². The zero-order valence-corrected chi connectivity index (χ0v) is 13.6. The Hall–Kier alpha value is -1.98. The second-order valence-corrected chi connectivity index (χ2v) is 6.58. The van der Waals surface area contributed by atoms with Crippen molar-refractivity contribution < 1.29 is 14.7 Å². The number of benzene rings is 1. The van der Waals surface area contributed by atoms with E-state index in [0.29, 0.717) is 11.4 Å². The highest BCUT2D eigenvalue weighted by molar-refractivity contribution is 7.12.